The van der Waals surface area contributed by atoms with E-state index in [2.05, 4.69) is 0 Å². The third-order valence-electron chi connectivity index (χ3n) is 8.18. The molecule has 0 aliphatic carbocycles. The molecule has 0 amide bonds. The van der Waals surface area contributed by atoms with Crippen molar-refractivity contribution >= 4 is 0 Å². The van der Waals surface area contributed by atoms with Crippen molar-refractivity contribution in [3.8, 4) is 0 Å². The Morgan fingerprint density at radius 1 is 0.833 bits per heavy atom. The van der Waals surface area contributed by atoms with Crippen molar-refractivity contribution in [2.75, 3.05) is 13.7 Å². The van der Waals surface area contributed by atoms with E-state index >= 15 is 0 Å². The summed E-state index contributed by atoms with van der Waals surface area (Å²) >= 11 is 0. The van der Waals surface area contributed by atoms with E-state index in [-0.39, 0.29) is 0 Å². The number of aliphatic hydroxyl groups is 5. The van der Waals surface area contributed by atoms with E-state index in [1.165, 1.54) is 21.0 Å². The quantitative estimate of drug-likeness (QED) is 0.421. The fraction of sp³-hybridized carbons (Fsp3) is 1.00. The van der Waals surface area contributed by atoms with E-state index in [1.807, 2.05) is 0 Å². The summed E-state index contributed by atoms with van der Waals surface area (Å²) in [6, 6.07) is 0. The van der Waals surface area contributed by atoms with Gasteiger partial charge in [-0.15, -0.1) is 0 Å². The van der Waals surface area contributed by atoms with Crippen LogP contribution in [0.5, 0.6) is 0 Å². The van der Waals surface area contributed by atoms with Gasteiger partial charge in [0.05, 0.1) is 12.2 Å². The fourth-order valence-corrected chi connectivity index (χ4v) is 4.68. The lowest BCUT2D eigenvalue weighted by atomic mass is 9.62. The zero-order valence-corrected chi connectivity index (χ0v) is 19.8. The monoisotopic (exact) mass is 436 g/mol. The van der Waals surface area contributed by atoms with Crippen LogP contribution in [0.25, 0.3) is 0 Å². The maximum absolute atomic E-state index is 11.4. The molecule has 0 aromatic heterocycles. The smallest absolute Gasteiger partial charge is 0.187 e. The van der Waals surface area contributed by atoms with Gasteiger partial charge in [-0.2, -0.15) is 0 Å². The van der Waals surface area contributed by atoms with Gasteiger partial charge in [0.2, 0.25) is 0 Å². The minimum atomic E-state index is -2.08. The molecule has 0 saturated carbocycles. The van der Waals surface area contributed by atoms with Crippen molar-refractivity contribution in [1.82, 2.24) is 0 Å². The number of hydrogen-bond acceptors (Lipinski definition) is 9. The Morgan fingerprint density at radius 2 is 1.33 bits per heavy atom. The summed E-state index contributed by atoms with van der Waals surface area (Å²) in [6.07, 6.45) is -3.69. The second-order valence-electron chi connectivity index (χ2n) is 10.8. The summed E-state index contributed by atoms with van der Waals surface area (Å²) in [5.74, 6) is 0. The Morgan fingerprint density at radius 3 is 1.77 bits per heavy atom. The Hall–Kier alpha value is -0.360. The van der Waals surface area contributed by atoms with Crippen LogP contribution in [0.4, 0.5) is 0 Å². The third kappa shape index (κ3) is 3.09. The summed E-state index contributed by atoms with van der Waals surface area (Å²) in [6.45, 7) is 13.6. The maximum Gasteiger partial charge on any atom is 0.187 e. The van der Waals surface area contributed by atoms with Crippen molar-refractivity contribution in [3.05, 3.63) is 0 Å². The highest BCUT2D eigenvalue weighted by Gasteiger charge is 2.72. The number of ether oxygens (including phenoxy) is 4. The lowest BCUT2D eigenvalue weighted by Crippen LogP contribution is -2.82. The van der Waals surface area contributed by atoms with E-state index in [0.717, 1.165) is 0 Å². The van der Waals surface area contributed by atoms with Crippen LogP contribution in [0.2, 0.25) is 0 Å². The fourth-order valence-electron chi connectivity index (χ4n) is 4.68. The molecule has 2 fully saturated rings. The van der Waals surface area contributed by atoms with Gasteiger partial charge in [0.15, 0.2) is 12.6 Å². The first-order valence-electron chi connectivity index (χ1n) is 10.2. The topological polar surface area (TPSA) is 138 Å². The SMILES string of the molecule is COC1C(C)(CO)OC(OC2(C)C(C)(C)OC(O)C(C)(O)C2(C)O)C(C)(C)C1(C)O. The van der Waals surface area contributed by atoms with Crippen LogP contribution in [0, 0.1) is 5.41 Å². The van der Waals surface area contributed by atoms with Gasteiger partial charge in [0, 0.05) is 12.5 Å². The highest BCUT2D eigenvalue weighted by atomic mass is 16.7. The van der Waals surface area contributed by atoms with Crippen molar-refractivity contribution in [2.24, 2.45) is 5.41 Å². The van der Waals surface area contributed by atoms with E-state index in [1.54, 1.807) is 48.5 Å². The number of hydrogen-bond donors (Lipinski definition) is 5. The molecule has 30 heavy (non-hydrogen) atoms. The Kier molecular flexibility index (Phi) is 6.10. The normalized spacial score (nSPS) is 53.5. The summed E-state index contributed by atoms with van der Waals surface area (Å²) in [5, 5.41) is 54.1. The molecule has 8 atom stereocenters. The van der Waals surface area contributed by atoms with Crippen LogP contribution in [0.1, 0.15) is 62.3 Å². The van der Waals surface area contributed by atoms with Gasteiger partial charge in [-0.05, 0) is 48.5 Å². The van der Waals surface area contributed by atoms with Crippen molar-refractivity contribution in [3.63, 3.8) is 0 Å². The number of aliphatic hydroxyl groups excluding tert-OH is 2. The standard InChI is InChI=1S/C21H40O9/c1-15(2)14(29-17(5,11-22)12(27-10)18(15,6)24)30-21(9)16(3,4)28-13(23)19(7,25)20(21,8)26/h12-14,22-26H,11H2,1-10H3. The molecule has 0 radical (unpaired) electrons. The van der Waals surface area contributed by atoms with Gasteiger partial charge in [-0.25, -0.2) is 0 Å². The van der Waals surface area contributed by atoms with Gasteiger partial charge in [-0.1, -0.05) is 13.8 Å². The highest BCUT2D eigenvalue weighted by Crippen LogP contribution is 2.55. The Labute approximate surface area is 178 Å². The van der Waals surface area contributed by atoms with E-state index in [4.69, 9.17) is 18.9 Å². The van der Waals surface area contributed by atoms with Crippen LogP contribution in [0.3, 0.4) is 0 Å². The van der Waals surface area contributed by atoms with Crippen LogP contribution in [-0.4, -0.2) is 91.5 Å². The van der Waals surface area contributed by atoms with Crippen LogP contribution in [0.15, 0.2) is 0 Å². The third-order valence-corrected chi connectivity index (χ3v) is 8.18. The molecule has 178 valence electrons. The predicted molar refractivity (Wildman–Crippen MR) is 107 cm³/mol. The van der Waals surface area contributed by atoms with Crippen molar-refractivity contribution in [2.45, 2.75) is 115 Å². The molecule has 0 spiro atoms. The molecule has 9 nitrogen and oxygen atoms in total. The zero-order chi connectivity index (χ0) is 23.8. The summed E-state index contributed by atoms with van der Waals surface area (Å²) in [4.78, 5) is 0. The molecule has 8 unspecified atom stereocenters. The van der Waals surface area contributed by atoms with Crippen molar-refractivity contribution in [1.29, 1.82) is 0 Å². The molecule has 5 N–H and O–H groups in total. The summed E-state index contributed by atoms with van der Waals surface area (Å²) in [5.41, 5.74) is -10.9. The van der Waals surface area contributed by atoms with Crippen LogP contribution < -0.4 is 0 Å². The zero-order valence-electron chi connectivity index (χ0n) is 19.8. The maximum atomic E-state index is 11.4. The first kappa shape index (κ1) is 25.9. The lowest BCUT2D eigenvalue weighted by Gasteiger charge is -2.65. The lowest BCUT2D eigenvalue weighted by molar-refractivity contribution is -0.456. The highest BCUT2D eigenvalue weighted by molar-refractivity contribution is 5.19. The molecule has 2 heterocycles. The second kappa shape index (κ2) is 7.07. The Bertz CT molecular complexity index is 657. The summed E-state index contributed by atoms with van der Waals surface area (Å²) < 4.78 is 23.7. The van der Waals surface area contributed by atoms with E-state index < -0.39 is 64.3 Å². The average Bonchev–Trinajstić information content (AvgIpc) is 2.58. The molecule has 2 saturated heterocycles. The first-order valence-corrected chi connectivity index (χ1v) is 10.2. The van der Waals surface area contributed by atoms with Crippen molar-refractivity contribution < 1.29 is 44.5 Å². The molecular formula is C21H40O9. The molecule has 0 bridgehead atoms. The van der Waals surface area contributed by atoms with Crippen LogP contribution >= 0.6 is 0 Å². The van der Waals surface area contributed by atoms with Gasteiger partial charge in [-0.3, -0.25) is 0 Å². The minimum absolute atomic E-state index is 0.457. The minimum Gasteiger partial charge on any atom is -0.393 e. The van der Waals surface area contributed by atoms with Crippen LogP contribution in [-0.2, 0) is 18.9 Å². The molecule has 2 rings (SSSR count). The van der Waals surface area contributed by atoms with Gasteiger partial charge < -0.3 is 44.5 Å². The summed E-state index contributed by atoms with van der Waals surface area (Å²) in [7, 11) is 1.43. The first-order chi connectivity index (χ1) is 13.2. The molecule has 2 aliphatic heterocycles. The molecule has 0 aromatic rings. The number of rotatable bonds is 4. The van der Waals surface area contributed by atoms with Gasteiger partial charge >= 0.3 is 0 Å². The molecule has 9 heteroatoms. The van der Waals surface area contributed by atoms with E-state index in [9.17, 15) is 25.5 Å². The largest absolute Gasteiger partial charge is 0.393 e. The molecule has 0 aromatic carbocycles. The molecular weight excluding hydrogens is 396 g/mol. The average molecular weight is 437 g/mol. The number of methoxy groups -OCH3 is 1. The predicted octanol–water partition coefficient (Wildman–Crippen LogP) is 0.290. The Balaban J connectivity index is 2.60. The molecule has 2 aliphatic rings. The van der Waals surface area contributed by atoms with Gasteiger partial charge in [0.1, 0.15) is 34.1 Å². The van der Waals surface area contributed by atoms with E-state index in [0.29, 0.717) is 0 Å². The van der Waals surface area contributed by atoms with Gasteiger partial charge in [0.25, 0.3) is 0 Å². The second-order valence-corrected chi connectivity index (χ2v) is 10.8.